The Morgan fingerprint density at radius 3 is 2.75 bits per heavy atom. The standard InChI is InChI=1S/C12H16N2O2/c1-3-14(9-4-5-9)12(16)10-7-13-8(2)6-11(10)15/h6-7,9H,3-5H2,1-2H3,(H,13,15). The molecule has 0 bridgehead atoms. The quantitative estimate of drug-likeness (QED) is 0.835. The van der Waals surface area contributed by atoms with Crippen LogP contribution in [0.15, 0.2) is 17.1 Å². The van der Waals surface area contributed by atoms with Gasteiger partial charge in [0.2, 0.25) is 0 Å². The molecule has 1 aliphatic rings. The van der Waals surface area contributed by atoms with Crippen molar-refractivity contribution in [1.82, 2.24) is 9.88 Å². The van der Waals surface area contributed by atoms with Crippen LogP contribution in [0.3, 0.4) is 0 Å². The molecule has 0 radical (unpaired) electrons. The van der Waals surface area contributed by atoms with Gasteiger partial charge in [0.1, 0.15) is 5.56 Å². The highest BCUT2D eigenvalue weighted by Gasteiger charge is 2.32. The minimum Gasteiger partial charge on any atom is -0.364 e. The first-order valence-corrected chi connectivity index (χ1v) is 5.63. The smallest absolute Gasteiger partial charge is 0.259 e. The van der Waals surface area contributed by atoms with Crippen molar-refractivity contribution < 1.29 is 4.79 Å². The van der Waals surface area contributed by atoms with Gasteiger partial charge in [-0.2, -0.15) is 0 Å². The number of pyridine rings is 1. The molecule has 0 saturated heterocycles. The lowest BCUT2D eigenvalue weighted by atomic mass is 10.2. The molecule has 4 heteroatoms. The van der Waals surface area contributed by atoms with Gasteiger partial charge in [-0.15, -0.1) is 0 Å². The second-order valence-corrected chi connectivity index (χ2v) is 4.22. The van der Waals surface area contributed by atoms with Gasteiger partial charge in [-0.3, -0.25) is 9.59 Å². The molecule has 0 atom stereocenters. The topological polar surface area (TPSA) is 53.2 Å². The molecule has 1 aromatic rings. The van der Waals surface area contributed by atoms with Crippen LogP contribution < -0.4 is 5.43 Å². The molecule has 0 spiro atoms. The third kappa shape index (κ3) is 2.01. The molecule has 1 heterocycles. The summed E-state index contributed by atoms with van der Waals surface area (Å²) in [5.74, 6) is -0.147. The fraction of sp³-hybridized carbons (Fsp3) is 0.500. The molecule has 4 nitrogen and oxygen atoms in total. The van der Waals surface area contributed by atoms with Gasteiger partial charge in [-0.1, -0.05) is 0 Å². The van der Waals surface area contributed by atoms with Gasteiger partial charge in [0.15, 0.2) is 5.43 Å². The number of H-pyrrole nitrogens is 1. The lowest BCUT2D eigenvalue weighted by molar-refractivity contribution is 0.0751. The third-order valence-electron chi connectivity index (χ3n) is 2.88. The van der Waals surface area contributed by atoms with Crippen LogP contribution >= 0.6 is 0 Å². The van der Waals surface area contributed by atoms with Gasteiger partial charge in [0.05, 0.1) is 0 Å². The van der Waals surface area contributed by atoms with Crippen molar-refractivity contribution in [3.8, 4) is 0 Å². The summed E-state index contributed by atoms with van der Waals surface area (Å²) >= 11 is 0. The SMILES string of the molecule is CCN(C(=O)c1c[nH]c(C)cc1=O)C1CC1. The maximum absolute atomic E-state index is 12.1. The molecule has 1 N–H and O–H groups in total. The van der Waals surface area contributed by atoms with Crippen molar-refractivity contribution in [2.75, 3.05) is 6.54 Å². The van der Waals surface area contributed by atoms with Crippen molar-refractivity contribution in [3.05, 3.63) is 33.7 Å². The summed E-state index contributed by atoms with van der Waals surface area (Å²) in [5, 5.41) is 0. The number of aromatic amines is 1. The number of rotatable bonds is 3. The van der Waals surface area contributed by atoms with Crippen LogP contribution in [0.25, 0.3) is 0 Å². The third-order valence-corrected chi connectivity index (χ3v) is 2.88. The van der Waals surface area contributed by atoms with Gasteiger partial charge in [0.25, 0.3) is 5.91 Å². The molecule has 1 amide bonds. The van der Waals surface area contributed by atoms with Crippen molar-refractivity contribution >= 4 is 5.91 Å². The average molecular weight is 220 g/mol. The van der Waals surface area contributed by atoms with Crippen LogP contribution in [0.2, 0.25) is 0 Å². The maximum Gasteiger partial charge on any atom is 0.259 e. The first-order chi connectivity index (χ1) is 7.63. The second kappa shape index (κ2) is 4.12. The molecule has 2 rings (SSSR count). The molecule has 1 fully saturated rings. The first kappa shape index (κ1) is 10.9. The molecule has 1 aliphatic carbocycles. The molecular formula is C12H16N2O2. The number of hydrogen-bond acceptors (Lipinski definition) is 2. The largest absolute Gasteiger partial charge is 0.364 e. The fourth-order valence-electron chi connectivity index (χ4n) is 1.85. The van der Waals surface area contributed by atoms with Crippen LogP contribution in [0.1, 0.15) is 35.8 Å². The van der Waals surface area contributed by atoms with E-state index in [-0.39, 0.29) is 16.9 Å². The average Bonchev–Trinajstić information content (AvgIpc) is 3.02. The van der Waals surface area contributed by atoms with Crippen LogP contribution in [-0.2, 0) is 0 Å². The normalized spacial score (nSPS) is 14.9. The summed E-state index contributed by atoms with van der Waals surface area (Å²) < 4.78 is 0. The summed E-state index contributed by atoms with van der Waals surface area (Å²) in [4.78, 5) is 28.5. The summed E-state index contributed by atoms with van der Waals surface area (Å²) in [6.45, 7) is 4.41. The lowest BCUT2D eigenvalue weighted by Gasteiger charge is -2.19. The number of aryl methyl sites for hydroxylation is 1. The van der Waals surface area contributed by atoms with E-state index in [9.17, 15) is 9.59 Å². The number of hydrogen-bond donors (Lipinski definition) is 1. The van der Waals surface area contributed by atoms with Crippen LogP contribution in [-0.4, -0.2) is 28.4 Å². The number of amides is 1. The van der Waals surface area contributed by atoms with E-state index in [1.54, 1.807) is 11.8 Å². The summed E-state index contributed by atoms with van der Waals surface area (Å²) in [6, 6.07) is 1.81. The zero-order valence-corrected chi connectivity index (χ0v) is 9.62. The monoisotopic (exact) mass is 220 g/mol. The Kier molecular flexibility index (Phi) is 2.81. The molecule has 1 aromatic heterocycles. The van der Waals surface area contributed by atoms with Crippen molar-refractivity contribution in [2.24, 2.45) is 0 Å². The van der Waals surface area contributed by atoms with E-state index in [0.717, 1.165) is 18.5 Å². The minimum atomic E-state index is -0.194. The Balaban J connectivity index is 2.29. The van der Waals surface area contributed by atoms with Gasteiger partial charge in [0, 0.05) is 30.5 Å². The maximum atomic E-state index is 12.1. The van der Waals surface area contributed by atoms with Crippen molar-refractivity contribution in [1.29, 1.82) is 0 Å². The number of nitrogens with one attached hydrogen (secondary N) is 1. The van der Waals surface area contributed by atoms with Crippen LogP contribution in [0, 0.1) is 6.92 Å². The molecule has 0 aromatic carbocycles. The van der Waals surface area contributed by atoms with E-state index in [2.05, 4.69) is 4.98 Å². The number of aromatic nitrogens is 1. The minimum absolute atomic E-state index is 0.147. The van der Waals surface area contributed by atoms with Crippen molar-refractivity contribution in [2.45, 2.75) is 32.7 Å². The van der Waals surface area contributed by atoms with E-state index in [4.69, 9.17) is 0 Å². The second-order valence-electron chi connectivity index (χ2n) is 4.22. The number of carbonyl (C=O) groups is 1. The van der Waals surface area contributed by atoms with E-state index in [0.29, 0.717) is 12.6 Å². The number of carbonyl (C=O) groups excluding carboxylic acids is 1. The van der Waals surface area contributed by atoms with E-state index >= 15 is 0 Å². The van der Waals surface area contributed by atoms with Crippen LogP contribution in [0.5, 0.6) is 0 Å². The summed E-state index contributed by atoms with van der Waals surface area (Å²) in [6.07, 6.45) is 3.64. The van der Waals surface area contributed by atoms with Crippen LogP contribution in [0.4, 0.5) is 0 Å². The summed E-state index contributed by atoms with van der Waals surface area (Å²) in [5.41, 5.74) is 0.829. The highest BCUT2D eigenvalue weighted by Crippen LogP contribution is 2.27. The molecule has 16 heavy (non-hydrogen) atoms. The predicted molar refractivity (Wildman–Crippen MR) is 61.5 cm³/mol. The number of nitrogens with zero attached hydrogens (tertiary/aromatic N) is 1. The fourth-order valence-corrected chi connectivity index (χ4v) is 1.85. The molecule has 86 valence electrons. The van der Waals surface area contributed by atoms with E-state index < -0.39 is 0 Å². The van der Waals surface area contributed by atoms with E-state index in [1.807, 2.05) is 6.92 Å². The van der Waals surface area contributed by atoms with Gasteiger partial charge >= 0.3 is 0 Å². The zero-order valence-electron chi connectivity index (χ0n) is 9.62. The Labute approximate surface area is 94.3 Å². The predicted octanol–water partition coefficient (Wildman–Crippen LogP) is 1.31. The lowest BCUT2D eigenvalue weighted by Crippen LogP contribution is -2.35. The molecule has 0 unspecified atom stereocenters. The Morgan fingerprint density at radius 2 is 2.25 bits per heavy atom. The Bertz CT molecular complexity index is 460. The molecule has 0 aliphatic heterocycles. The summed E-state index contributed by atoms with van der Waals surface area (Å²) in [7, 11) is 0. The van der Waals surface area contributed by atoms with Gasteiger partial charge in [-0.25, -0.2) is 0 Å². The molecular weight excluding hydrogens is 204 g/mol. The molecule has 1 saturated carbocycles. The van der Waals surface area contributed by atoms with E-state index in [1.165, 1.54) is 12.3 Å². The zero-order chi connectivity index (χ0) is 11.7. The highest BCUT2D eigenvalue weighted by molar-refractivity contribution is 5.94. The van der Waals surface area contributed by atoms with Gasteiger partial charge < -0.3 is 9.88 Å². The Hall–Kier alpha value is -1.58. The Morgan fingerprint density at radius 1 is 1.56 bits per heavy atom. The van der Waals surface area contributed by atoms with Gasteiger partial charge in [-0.05, 0) is 26.7 Å². The first-order valence-electron chi connectivity index (χ1n) is 5.63. The van der Waals surface area contributed by atoms with Crippen molar-refractivity contribution in [3.63, 3.8) is 0 Å². The highest BCUT2D eigenvalue weighted by atomic mass is 16.2.